The molecule has 4 nitrogen and oxygen atoms in total. The summed E-state index contributed by atoms with van der Waals surface area (Å²) in [6.07, 6.45) is 0. The zero-order valence-electron chi connectivity index (χ0n) is 35.7. The van der Waals surface area contributed by atoms with E-state index in [1.165, 1.54) is 50.1 Å². The summed E-state index contributed by atoms with van der Waals surface area (Å²) < 4.78 is 0. The van der Waals surface area contributed by atoms with Gasteiger partial charge in [0.2, 0.25) is 0 Å². The zero-order valence-corrected chi connectivity index (χ0v) is 35.7. The van der Waals surface area contributed by atoms with E-state index in [1.807, 2.05) is 6.07 Å². The molecule has 1 spiro atoms. The molecule has 0 atom stereocenters. The molecule has 0 unspecified atom stereocenters. The molecular formula is C62H38N4. The van der Waals surface area contributed by atoms with E-state index in [0.717, 1.165) is 77.6 Å². The van der Waals surface area contributed by atoms with Crippen LogP contribution in [0.2, 0.25) is 0 Å². The highest BCUT2D eigenvalue weighted by molar-refractivity contribution is 6.14. The van der Waals surface area contributed by atoms with Crippen LogP contribution in [-0.4, -0.2) is 15.0 Å². The molecule has 306 valence electrons. The van der Waals surface area contributed by atoms with Crippen molar-refractivity contribution < 1.29 is 0 Å². The third-order valence-electron chi connectivity index (χ3n) is 14.0. The second-order valence-corrected chi connectivity index (χ2v) is 17.5. The van der Waals surface area contributed by atoms with Crippen molar-refractivity contribution in [3.8, 4) is 44.9 Å². The van der Waals surface area contributed by atoms with E-state index in [9.17, 15) is 0 Å². The normalized spacial score (nSPS) is 13.2. The van der Waals surface area contributed by atoms with Gasteiger partial charge in [0.05, 0.1) is 50.4 Å². The maximum absolute atomic E-state index is 5.50. The molecule has 12 aromatic rings. The van der Waals surface area contributed by atoms with Gasteiger partial charge >= 0.3 is 0 Å². The molecular weight excluding hydrogens is 801 g/mol. The van der Waals surface area contributed by atoms with Crippen LogP contribution in [0.5, 0.6) is 0 Å². The minimum atomic E-state index is -0.564. The number of para-hydroxylation sites is 4. The molecule has 66 heavy (non-hydrogen) atoms. The Morgan fingerprint density at radius 1 is 0.333 bits per heavy atom. The topological polar surface area (TPSA) is 41.9 Å². The van der Waals surface area contributed by atoms with Crippen LogP contribution in [0.15, 0.2) is 231 Å². The lowest BCUT2D eigenvalue weighted by Crippen LogP contribution is -2.36. The number of nitrogens with zero attached hydrogens (tertiary/aromatic N) is 4. The molecule has 9 aromatic carbocycles. The second kappa shape index (κ2) is 14.1. The summed E-state index contributed by atoms with van der Waals surface area (Å²) in [5, 5.41) is 5.56. The molecule has 4 heteroatoms. The second-order valence-electron chi connectivity index (χ2n) is 17.5. The molecule has 0 radical (unpaired) electrons. The molecule has 0 saturated heterocycles. The number of anilines is 3. The van der Waals surface area contributed by atoms with E-state index in [0.29, 0.717) is 0 Å². The predicted octanol–water partition coefficient (Wildman–Crippen LogP) is 15.6. The van der Waals surface area contributed by atoms with Gasteiger partial charge in [0.15, 0.2) is 0 Å². The molecule has 2 aliphatic rings. The summed E-state index contributed by atoms with van der Waals surface area (Å²) in [5.41, 5.74) is 19.2. The van der Waals surface area contributed by atoms with Gasteiger partial charge in [-0.05, 0) is 99.4 Å². The van der Waals surface area contributed by atoms with Crippen molar-refractivity contribution in [1.82, 2.24) is 15.0 Å². The number of fused-ring (bicyclic) bond motifs is 15. The van der Waals surface area contributed by atoms with Gasteiger partial charge in [-0.15, -0.1) is 0 Å². The maximum Gasteiger partial charge on any atom is 0.0972 e. The number of pyridine rings is 3. The lowest BCUT2D eigenvalue weighted by atomic mass is 9.64. The molecule has 0 saturated carbocycles. The van der Waals surface area contributed by atoms with Gasteiger partial charge in [-0.2, -0.15) is 0 Å². The van der Waals surface area contributed by atoms with Gasteiger partial charge in [-0.3, -0.25) is 0 Å². The Hall–Kier alpha value is -8.73. The Balaban J connectivity index is 0.989. The van der Waals surface area contributed by atoms with Gasteiger partial charge in [0, 0.05) is 43.9 Å². The predicted molar refractivity (Wildman–Crippen MR) is 272 cm³/mol. The monoisotopic (exact) mass is 838 g/mol. The Morgan fingerprint density at radius 3 is 1.62 bits per heavy atom. The van der Waals surface area contributed by atoms with E-state index in [2.05, 4.69) is 229 Å². The average Bonchev–Trinajstić information content (AvgIpc) is 3.67. The standard InChI is InChI=1S/C62H38N4/c1-3-16-39(17-4-1)54-34-32-40-30-31-41-33-35-55(64-61(41)60(40)63-54)42-18-15-19-43(36-42)59-49-37-48-45-22-7-9-24-50(45)62(53(48)38-47(49)46-23-8-12-27-56(46)65-59)51-25-10-13-28-57(51)66(44-20-5-2-6-21-44)58-29-14-11-26-52(58)62/h1-38H. The summed E-state index contributed by atoms with van der Waals surface area (Å²) >= 11 is 0. The lowest BCUT2D eigenvalue weighted by molar-refractivity contribution is 0.753. The van der Waals surface area contributed by atoms with Crippen LogP contribution in [0.25, 0.3) is 88.4 Å². The van der Waals surface area contributed by atoms with E-state index in [-0.39, 0.29) is 0 Å². The van der Waals surface area contributed by atoms with Crippen molar-refractivity contribution in [1.29, 1.82) is 0 Å². The highest BCUT2D eigenvalue weighted by atomic mass is 15.2. The summed E-state index contributed by atoms with van der Waals surface area (Å²) in [6, 6.07) is 83.3. The van der Waals surface area contributed by atoms with Crippen LogP contribution in [0, 0.1) is 0 Å². The molecule has 14 rings (SSSR count). The highest BCUT2D eigenvalue weighted by Gasteiger charge is 2.51. The zero-order chi connectivity index (χ0) is 43.3. The van der Waals surface area contributed by atoms with Crippen LogP contribution < -0.4 is 4.90 Å². The number of benzene rings is 9. The van der Waals surface area contributed by atoms with Crippen molar-refractivity contribution >= 4 is 60.5 Å². The SMILES string of the molecule is c1ccc(-c2ccc3ccc4ccc(-c5cccc(-c6nc7ccccc7c7cc8c(cc67)-c6ccccc6C86c7ccccc7N(c7ccccc7)c7ccccc76)c5)nc4c3n2)cc1. The van der Waals surface area contributed by atoms with Crippen LogP contribution in [0.4, 0.5) is 17.1 Å². The number of hydrogen-bond donors (Lipinski definition) is 0. The molecule has 0 N–H and O–H groups in total. The number of aromatic nitrogens is 3. The first-order valence-electron chi connectivity index (χ1n) is 22.6. The first-order valence-corrected chi connectivity index (χ1v) is 22.6. The number of hydrogen-bond acceptors (Lipinski definition) is 4. The molecule has 1 aliphatic heterocycles. The van der Waals surface area contributed by atoms with E-state index >= 15 is 0 Å². The molecule has 3 aromatic heterocycles. The first kappa shape index (κ1) is 36.7. The molecule has 0 bridgehead atoms. The fourth-order valence-electron chi connectivity index (χ4n) is 11.1. The van der Waals surface area contributed by atoms with E-state index < -0.39 is 5.41 Å². The van der Waals surface area contributed by atoms with Gasteiger partial charge in [-0.1, -0.05) is 170 Å². The Bertz CT molecular complexity index is 3910. The minimum Gasteiger partial charge on any atom is -0.310 e. The largest absolute Gasteiger partial charge is 0.310 e. The van der Waals surface area contributed by atoms with Crippen molar-refractivity contribution in [3.63, 3.8) is 0 Å². The van der Waals surface area contributed by atoms with Gasteiger partial charge in [0.1, 0.15) is 0 Å². The Kier molecular flexibility index (Phi) is 7.87. The summed E-state index contributed by atoms with van der Waals surface area (Å²) in [4.78, 5) is 18.5. The average molecular weight is 839 g/mol. The minimum absolute atomic E-state index is 0.564. The van der Waals surface area contributed by atoms with E-state index in [1.54, 1.807) is 0 Å². The van der Waals surface area contributed by atoms with Crippen molar-refractivity contribution in [3.05, 3.63) is 253 Å². The molecule has 0 amide bonds. The molecule has 1 aliphatic carbocycles. The lowest BCUT2D eigenvalue weighted by Gasteiger charge is -2.45. The fraction of sp³-hybridized carbons (Fsp3) is 0.0161. The van der Waals surface area contributed by atoms with E-state index in [4.69, 9.17) is 15.0 Å². The number of rotatable bonds is 4. The fourth-order valence-corrected chi connectivity index (χ4v) is 11.1. The quantitative estimate of drug-likeness (QED) is 0.166. The highest BCUT2D eigenvalue weighted by Crippen LogP contribution is 2.64. The van der Waals surface area contributed by atoms with Gasteiger partial charge in [0.25, 0.3) is 0 Å². The Labute approximate surface area is 381 Å². The summed E-state index contributed by atoms with van der Waals surface area (Å²) in [6.45, 7) is 0. The Morgan fingerprint density at radius 2 is 0.894 bits per heavy atom. The van der Waals surface area contributed by atoms with Crippen LogP contribution in [0.3, 0.4) is 0 Å². The molecule has 4 heterocycles. The first-order chi connectivity index (χ1) is 32.7. The molecule has 0 fully saturated rings. The van der Waals surface area contributed by atoms with Crippen molar-refractivity contribution in [2.45, 2.75) is 5.41 Å². The summed E-state index contributed by atoms with van der Waals surface area (Å²) in [7, 11) is 0. The van der Waals surface area contributed by atoms with Gasteiger partial charge in [-0.25, -0.2) is 15.0 Å². The summed E-state index contributed by atoms with van der Waals surface area (Å²) in [5.74, 6) is 0. The van der Waals surface area contributed by atoms with Crippen LogP contribution >= 0.6 is 0 Å². The third kappa shape index (κ3) is 5.24. The van der Waals surface area contributed by atoms with Crippen molar-refractivity contribution in [2.75, 3.05) is 4.90 Å². The van der Waals surface area contributed by atoms with Crippen LogP contribution in [-0.2, 0) is 5.41 Å². The smallest absolute Gasteiger partial charge is 0.0972 e. The third-order valence-corrected chi connectivity index (χ3v) is 14.0. The van der Waals surface area contributed by atoms with Crippen molar-refractivity contribution in [2.24, 2.45) is 0 Å². The van der Waals surface area contributed by atoms with Crippen LogP contribution in [0.1, 0.15) is 22.3 Å². The van der Waals surface area contributed by atoms with Gasteiger partial charge < -0.3 is 4.90 Å². The maximum atomic E-state index is 5.50.